The standard InChI is InChI=1S/C19H19N5O2/c25-18-16(14-5-2-1-3-6-14)17(15-7-8-21-22-15)24(19(18)26)11-4-10-23-12-9-20-13-23/h1-3,5-9,12-13,25-26H,4,10-11H2,(H,21,22). The monoisotopic (exact) mass is 349 g/mol. The number of aromatic hydroxyl groups is 2. The molecule has 1 aromatic carbocycles. The second-order valence-electron chi connectivity index (χ2n) is 6.04. The summed E-state index contributed by atoms with van der Waals surface area (Å²) in [6.45, 7) is 1.31. The molecule has 0 fully saturated rings. The van der Waals surface area contributed by atoms with E-state index in [0.717, 1.165) is 24.2 Å². The van der Waals surface area contributed by atoms with E-state index in [2.05, 4.69) is 15.2 Å². The molecule has 0 saturated carbocycles. The average Bonchev–Trinajstić information content (AvgIpc) is 3.40. The highest BCUT2D eigenvalue weighted by molar-refractivity contribution is 5.87. The van der Waals surface area contributed by atoms with E-state index in [4.69, 9.17) is 0 Å². The minimum atomic E-state index is -0.140. The molecular formula is C19H19N5O2. The molecule has 3 N–H and O–H groups in total. The van der Waals surface area contributed by atoms with Gasteiger partial charge in [0.1, 0.15) is 0 Å². The van der Waals surface area contributed by atoms with Gasteiger partial charge in [-0.1, -0.05) is 30.3 Å². The largest absolute Gasteiger partial charge is 0.503 e. The Kier molecular flexibility index (Phi) is 4.18. The smallest absolute Gasteiger partial charge is 0.235 e. The first kappa shape index (κ1) is 16.0. The third-order valence-electron chi connectivity index (χ3n) is 4.39. The van der Waals surface area contributed by atoms with Crippen LogP contribution in [0.5, 0.6) is 11.6 Å². The number of nitrogens with one attached hydrogen (secondary N) is 1. The Balaban J connectivity index is 1.75. The lowest BCUT2D eigenvalue weighted by Crippen LogP contribution is -2.04. The molecule has 4 aromatic rings. The van der Waals surface area contributed by atoms with Crippen molar-refractivity contribution >= 4 is 0 Å². The number of imidazole rings is 1. The zero-order valence-electron chi connectivity index (χ0n) is 14.1. The number of nitrogens with zero attached hydrogens (tertiary/aromatic N) is 4. The summed E-state index contributed by atoms with van der Waals surface area (Å²) in [6, 6.07) is 11.4. The first-order valence-corrected chi connectivity index (χ1v) is 8.41. The fourth-order valence-electron chi connectivity index (χ4n) is 3.19. The van der Waals surface area contributed by atoms with Crippen molar-refractivity contribution in [2.45, 2.75) is 19.5 Å². The highest BCUT2D eigenvalue weighted by Crippen LogP contribution is 2.46. The van der Waals surface area contributed by atoms with Crippen LogP contribution in [0.1, 0.15) is 6.42 Å². The summed E-state index contributed by atoms with van der Waals surface area (Å²) < 4.78 is 3.70. The van der Waals surface area contributed by atoms with Gasteiger partial charge < -0.3 is 19.3 Å². The lowest BCUT2D eigenvalue weighted by Gasteiger charge is -2.11. The molecule has 0 bridgehead atoms. The van der Waals surface area contributed by atoms with Crippen molar-refractivity contribution in [2.24, 2.45) is 0 Å². The molecule has 0 saturated heterocycles. The Morgan fingerprint density at radius 1 is 1.00 bits per heavy atom. The molecule has 3 aromatic heterocycles. The molecule has 0 unspecified atom stereocenters. The first-order valence-electron chi connectivity index (χ1n) is 8.41. The molecule has 7 heteroatoms. The Hall–Kier alpha value is -3.48. The van der Waals surface area contributed by atoms with E-state index in [0.29, 0.717) is 17.8 Å². The summed E-state index contributed by atoms with van der Waals surface area (Å²) in [4.78, 5) is 4.03. The molecule has 132 valence electrons. The van der Waals surface area contributed by atoms with Gasteiger partial charge in [0, 0.05) is 31.7 Å². The van der Waals surface area contributed by atoms with Crippen molar-refractivity contribution in [1.82, 2.24) is 24.3 Å². The second-order valence-corrected chi connectivity index (χ2v) is 6.04. The SMILES string of the molecule is Oc1c(-c2ccccc2)c(-c2ccn[nH]2)n(CCCn2ccnc2)c1O. The van der Waals surface area contributed by atoms with Crippen LogP contribution in [0, 0.1) is 0 Å². The lowest BCUT2D eigenvalue weighted by atomic mass is 10.0. The molecule has 0 radical (unpaired) electrons. The van der Waals surface area contributed by atoms with Crippen LogP contribution in [-0.2, 0) is 13.1 Å². The van der Waals surface area contributed by atoms with Gasteiger partial charge in [0.25, 0.3) is 0 Å². The van der Waals surface area contributed by atoms with Gasteiger partial charge in [-0.25, -0.2) is 4.98 Å². The van der Waals surface area contributed by atoms with Crippen molar-refractivity contribution in [3.63, 3.8) is 0 Å². The van der Waals surface area contributed by atoms with Gasteiger partial charge in [-0.05, 0) is 18.1 Å². The molecule has 26 heavy (non-hydrogen) atoms. The van der Waals surface area contributed by atoms with E-state index in [-0.39, 0.29) is 11.6 Å². The fourth-order valence-corrected chi connectivity index (χ4v) is 3.19. The van der Waals surface area contributed by atoms with Crippen LogP contribution in [0.4, 0.5) is 0 Å². The van der Waals surface area contributed by atoms with Crippen LogP contribution in [0.3, 0.4) is 0 Å². The van der Waals surface area contributed by atoms with E-state index in [1.165, 1.54) is 0 Å². The van der Waals surface area contributed by atoms with E-state index >= 15 is 0 Å². The molecule has 0 amide bonds. The fraction of sp³-hybridized carbons (Fsp3) is 0.158. The molecular weight excluding hydrogens is 330 g/mol. The van der Waals surface area contributed by atoms with Crippen LogP contribution in [-0.4, -0.2) is 34.5 Å². The third kappa shape index (κ3) is 2.83. The molecule has 4 rings (SSSR count). The predicted octanol–water partition coefficient (Wildman–Crippen LogP) is 3.24. The van der Waals surface area contributed by atoms with Gasteiger partial charge >= 0.3 is 0 Å². The maximum atomic E-state index is 10.6. The normalized spacial score (nSPS) is 11.1. The Morgan fingerprint density at radius 2 is 1.85 bits per heavy atom. The van der Waals surface area contributed by atoms with E-state index in [9.17, 15) is 10.2 Å². The van der Waals surface area contributed by atoms with Crippen LogP contribution in [0.25, 0.3) is 22.5 Å². The maximum absolute atomic E-state index is 10.6. The summed E-state index contributed by atoms with van der Waals surface area (Å²) in [5.41, 5.74) is 2.88. The molecule has 7 nitrogen and oxygen atoms in total. The van der Waals surface area contributed by atoms with E-state index in [1.807, 2.05) is 47.2 Å². The summed E-state index contributed by atoms with van der Waals surface area (Å²) in [5.74, 6) is -0.262. The highest BCUT2D eigenvalue weighted by Gasteiger charge is 2.25. The number of aryl methyl sites for hydroxylation is 1. The topological polar surface area (TPSA) is 91.9 Å². The highest BCUT2D eigenvalue weighted by atomic mass is 16.3. The molecule has 0 aliphatic carbocycles. The number of hydrogen-bond donors (Lipinski definition) is 3. The lowest BCUT2D eigenvalue weighted by molar-refractivity contribution is 0.368. The second kappa shape index (κ2) is 6.79. The van der Waals surface area contributed by atoms with E-state index in [1.54, 1.807) is 23.3 Å². The summed E-state index contributed by atoms with van der Waals surface area (Å²) in [5, 5.41) is 28.2. The zero-order chi connectivity index (χ0) is 17.9. The van der Waals surface area contributed by atoms with Crippen molar-refractivity contribution < 1.29 is 10.2 Å². The van der Waals surface area contributed by atoms with Gasteiger partial charge in [-0.3, -0.25) is 5.10 Å². The number of hydrogen-bond acceptors (Lipinski definition) is 4. The Morgan fingerprint density at radius 3 is 2.54 bits per heavy atom. The minimum Gasteiger partial charge on any atom is -0.503 e. The minimum absolute atomic E-state index is 0.122. The van der Waals surface area contributed by atoms with Crippen LogP contribution >= 0.6 is 0 Å². The molecule has 0 aliphatic heterocycles. The van der Waals surface area contributed by atoms with E-state index < -0.39 is 0 Å². The van der Waals surface area contributed by atoms with Crippen LogP contribution in [0.2, 0.25) is 0 Å². The predicted molar refractivity (Wildman–Crippen MR) is 97.6 cm³/mol. The van der Waals surface area contributed by atoms with Crippen molar-refractivity contribution in [3.05, 3.63) is 61.3 Å². The molecule has 0 atom stereocenters. The maximum Gasteiger partial charge on any atom is 0.235 e. The first-order chi connectivity index (χ1) is 12.8. The van der Waals surface area contributed by atoms with Crippen molar-refractivity contribution in [1.29, 1.82) is 0 Å². The number of aromatic nitrogens is 5. The van der Waals surface area contributed by atoms with Crippen LogP contribution in [0.15, 0.2) is 61.3 Å². The summed E-state index contributed by atoms with van der Waals surface area (Å²) >= 11 is 0. The quantitative estimate of drug-likeness (QED) is 0.498. The van der Waals surface area contributed by atoms with Gasteiger partial charge in [0.2, 0.25) is 5.88 Å². The van der Waals surface area contributed by atoms with Crippen molar-refractivity contribution in [3.8, 4) is 34.1 Å². The van der Waals surface area contributed by atoms with Gasteiger partial charge in [0.05, 0.1) is 23.3 Å². The average molecular weight is 349 g/mol. The van der Waals surface area contributed by atoms with Gasteiger partial charge in [-0.15, -0.1) is 0 Å². The number of aromatic amines is 1. The van der Waals surface area contributed by atoms with Crippen LogP contribution < -0.4 is 0 Å². The summed E-state index contributed by atoms with van der Waals surface area (Å²) in [7, 11) is 0. The molecule has 0 spiro atoms. The molecule has 0 aliphatic rings. The third-order valence-corrected chi connectivity index (χ3v) is 4.39. The summed E-state index contributed by atoms with van der Waals surface area (Å²) in [6.07, 6.45) is 7.83. The number of benzene rings is 1. The van der Waals surface area contributed by atoms with Crippen molar-refractivity contribution in [2.75, 3.05) is 0 Å². The zero-order valence-corrected chi connectivity index (χ0v) is 14.1. The number of H-pyrrole nitrogens is 1. The Bertz CT molecular complexity index is 973. The van der Waals surface area contributed by atoms with Gasteiger partial charge in [0.15, 0.2) is 5.75 Å². The Labute approximate surface area is 150 Å². The number of rotatable bonds is 6. The molecule has 3 heterocycles. The van der Waals surface area contributed by atoms with Gasteiger partial charge in [-0.2, -0.15) is 5.10 Å².